The zero-order chi connectivity index (χ0) is 14.7. The molecule has 0 atom stereocenters. The highest BCUT2D eigenvalue weighted by atomic mass is 79.9. The zero-order valence-corrected chi connectivity index (χ0v) is 12.8. The molecule has 2 aromatic heterocycles. The number of nitrogens with zero attached hydrogens (tertiary/aromatic N) is 3. The average molecular weight is 349 g/mol. The molecular weight excluding hydrogens is 335 g/mol. The maximum atomic E-state index is 13.5. The molecule has 6 heteroatoms. The van der Waals surface area contributed by atoms with E-state index >= 15 is 0 Å². The molecule has 0 unspecified atom stereocenters. The van der Waals surface area contributed by atoms with Crippen molar-refractivity contribution >= 4 is 21.6 Å². The summed E-state index contributed by atoms with van der Waals surface area (Å²) in [5.74, 6) is -0.149. The summed E-state index contributed by atoms with van der Waals surface area (Å²) in [6.45, 7) is 1.38. The monoisotopic (exact) mass is 348 g/mol. The van der Waals surface area contributed by atoms with E-state index in [1.807, 2.05) is 28.9 Å². The predicted octanol–water partition coefficient (Wildman–Crippen LogP) is 2.96. The molecular formula is C15H14BrFN4. The summed E-state index contributed by atoms with van der Waals surface area (Å²) < 4.78 is 16.2. The minimum absolute atomic E-state index is 0.149. The molecule has 4 nitrogen and oxygen atoms in total. The van der Waals surface area contributed by atoms with E-state index in [1.165, 1.54) is 6.07 Å². The van der Waals surface area contributed by atoms with E-state index < -0.39 is 0 Å². The van der Waals surface area contributed by atoms with Crippen LogP contribution in [0.5, 0.6) is 0 Å². The van der Waals surface area contributed by atoms with Gasteiger partial charge in [0.15, 0.2) is 5.65 Å². The third-order valence-corrected chi connectivity index (χ3v) is 3.69. The van der Waals surface area contributed by atoms with E-state index in [0.29, 0.717) is 19.5 Å². The van der Waals surface area contributed by atoms with E-state index in [2.05, 4.69) is 31.2 Å². The van der Waals surface area contributed by atoms with Crippen LogP contribution in [0.15, 0.2) is 47.5 Å². The Morgan fingerprint density at radius 1 is 1.19 bits per heavy atom. The van der Waals surface area contributed by atoms with Crippen LogP contribution in [0.1, 0.15) is 11.3 Å². The Labute approximate surface area is 130 Å². The summed E-state index contributed by atoms with van der Waals surface area (Å²) in [6.07, 6.45) is 6.08. The molecule has 0 saturated carbocycles. The van der Waals surface area contributed by atoms with E-state index in [9.17, 15) is 4.39 Å². The number of hydrogen-bond acceptors (Lipinski definition) is 3. The second-order valence-corrected chi connectivity index (χ2v) is 5.52. The van der Waals surface area contributed by atoms with E-state index in [4.69, 9.17) is 0 Å². The van der Waals surface area contributed by atoms with Crippen molar-refractivity contribution in [2.45, 2.75) is 13.0 Å². The third kappa shape index (κ3) is 3.28. The number of rotatable bonds is 5. The second-order valence-electron chi connectivity index (χ2n) is 4.71. The predicted molar refractivity (Wildman–Crippen MR) is 82.5 cm³/mol. The molecule has 0 aliphatic carbocycles. The van der Waals surface area contributed by atoms with Crippen LogP contribution in [0.3, 0.4) is 0 Å². The third-order valence-electron chi connectivity index (χ3n) is 3.28. The highest BCUT2D eigenvalue weighted by Crippen LogP contribution is 2.11. The normalized spacial score (nSPS) is 11.1. The lowest BCUT2D eigenvalue weighted by Crippen LogP contribution is -2.18. The Morgan fingerprint density at radius 3 is 2.90 bits per heavy atom. The van der Waals surface area contributed by atoms with Gasteiger partial charge in [-0.05, 0) is 40.5 Å². The summed E-state index contributed by atoms with van der Waals surface area (Å²) in [7, 11) is 0. The topological polar surface area (TPSA) is 42.2 Å². The van der Waals surface area contributed by atoms with Crippen molar-refractivity contribution in [2.24, 2.45) is 0 Å². The van der Waals surface area contributed by atoms with Gasteiger partial charge in [0, 0.05) is 12.7 Å². The lowest BCUT2D eigenvalue weighted by molar-refractivity contribution is 0.596. The number of fused-ring (bicyclic) bond motifs is 1. The van der Waals surface area contributed by atoms with Gasteiger partial charge in [0.25, 0.3) is 0 Å². The Kier molecular flexibility index (Phi) is 4.26. The van der Waals surface area contributed by atoms with Crippen molar-refractivity contribution in [3.8, 4) is 0 Å². The summed E-state index contributed by atoms with van der Waals surface area (Å²) in [6, 6.07) is 6.86. The molecule has 0 spiro atoms. The lowest BCUT2D eigenvalue weighted by atomic mass is 10.1. The van der Waals surface area contributed by atoms with Crippen molar-refractivity contribution < 1.29 is 4.39 Å². The molecule has 2 heterocycles. The molecule has 0 aliphatic rings. The number of nitrogens with one attached hydrogen (secondary N) is 1. The molecule has 0 amide bonds. The van der Waals surface area contributed by atoms with Gasteiger partial charge in [-0.1, -0.05) is 18.2 Å². The van der Waals surface area contributed by atoms with Crippen LogP contribution in [0.4, 0.5) is 4.39 Å². The van der Waals surface area contributed by atoms with Crippen LogP contribution in [0, 0.1) is 5.82 Å². The van der Waals surface area contributed by atoms with Gasteiger partial charge in [0.1, 0.15) is 10.4 Å². The molecule has 1 aromatic carbocycles. The van der Waals surface area contributed by atoms with Crippen molar-refractivity contribution in [3.05, 3.63) is 64.5 Å². The summed E-state index contributed by atoms with van der Waals surface area (Å²) in [4.78, 5) is 8.43. The Bertz CT molecular complexity index is 756. The fourth-order valence-corrected chi connectivity index (χ4v) is 2.49. The smallest absolute Gasteiger partial charge is 0.155 e. The van der Waals surface area contributed by atoms with Gasteiger partial charge in [-0.3, -0.25) is 4.40 Å². The first-order valence-corrected chi connectivity index (χ1v) is 7.45. The summed E-state index contributed by atoms with van der Waals surface area (Å²) in [5, 5.41) is 3.31. The van der Waals surface area contributed by atoms with Gasteiger partial charge in [-0.25, -0.2) is 14.4 Å². The Balaban J connectivity index is 1.60. The molecule has 108 valence electrons. The summed E-state index contributed by atoms with van der Waals surface area (Å²) >= 11 is 3.35. The quantitative estimate of drug-likeness (QED) is 0.720. The largest absolute Gasteiger partial charge is 0.311 e. The molecule has 3 aromatic rings. The standard InChI is InChI=1S/C15H14BrFN4/c16-14-10-21-12(8-20-15(21)9-19-14)7-18-6-5-11-3-1-2-4-13(11)17/h1-4,8-10,18H,5-7H2. The molecule has 0 aliphatic heterocycles. The van der Waals surface area contributed by atoms with Gasteiger partial charge >= 0.3 is 0 Å². The first kappa shape index (κ1) is 14.2. The van der Waals surface area contributed by atoms with Gasteiger partial charge in [-0.2, -0.15) is 0 Å². The lowest BCUT2D eigenvalue weighted by Gasteiger charge is -2.06. The highest BCUT2D eigenvalue weighted by molar-refractivity contribution is 9.10. The number of imidazole rings is 1. The van der Waals surface area contributed by atoms with Crippen LogP contribution in [0.25, 0.3) is 5.65 Å². The molecule has 0 radical (unpaired) electrons. The van der Waals surface area contributed by atoms with Crippen LogP contribution in [-0.2, 0) is 13.0 Å². The van der Waals surface area contributed by atoms with E-state index in [-0.39, 0.29) is 5.82 Å². The van der Waals surface area contributed by atoms with Crippen molar-refractivity contribution in [1.29, 1.82) is 0 Å². The van der Waals surface area contributed by atoms with Crippen molar-refractivity contribution in [2.75, 3.05) is 6.54 Å². The maximum absolute atomic E-state index is 13.5. The Morgan fingerprint density at radius 2 is 2.05 bits per heavy atom. The number of aromatic nitrogens is 3. The van der Waals surface area contributed by atoms with E-state index in [1.54, 1.807) is 12.3 Å². The number of halogens is 2. The van der Waals surface area contributed by atoms with Crippen LogP contribution >= 0.6 is 15.9 Å². The Hall–Kier alpha value is -1.79. The first-order chi connectivity index (χ1) is 10.2. The second kappa shape index (κ2) is 6.32. The van der Waals surface area contributed by atoms with Gasteiger partial charge in [-0.15, -0.1) is 0 Å². The minimum atomic E-state index is -0.149. The number of hydrogen-bond donors (Lipinski definition) is 1. The first-order valence-electron chi connectivity index (χ1n) is 6.65. The zero-order valence-electron chi connectivity index (χ0n) is 11.3. The van der Waals surface area contributed by atoms with Crippen LogP contribution in [-0.4, -0.2) is 20.9 Å². The van der Waals surface area contributed by atoms with E-state index in [0.717, 1.165) is 21.5 Å². The SMILES string of the molecule is Fc1ccccc1CCNCc1cnc2cnc(Br)cn12. The molecule has 21 heavy (non-hydrogen) atoms. The van der Waals surface area contributed by atoms with Crippen LogP contribution < -0.4 is 5.32 Å². The van der Waals surface area contributed by atoms with Crippen molar-refractivity contribution in [1.82, 2.24) is 19.7 Å². The number of benzene rings is 1. The molecule has 3 rings (SSSR count). The minimum Gasteiger partial charge on any atom is -0.311 e. The maximum Gasteiger partial charge on any atom is 0.155 e. The summed E-state index contributed by atoms with van der Waals surface area (Å²) in [5.41, 5.74) is 2.58. The van der Waals surface area contributed by atoms with Gasteiger partial charge < -0.3 is 5.32 Å². The fourth-order valence-electron chi connectivity index (χ4n) is 2.19. The molecule has 0 saturated heterocycles. The van der Waals surface area contributed by atoms with Gasteiger partial charge in [0.05, 0.1) is 18.1 Å². The van der Waals surface area contributed by atoms with Gasteiger partial charge in [0.2, 0.25) is 0 Å². The van der Waals surface area contributed by atoms with Crippen LogP contribution in [0.2, 0.25) is 0 Å². The molecule has 0 fully saturated rings. The average Bonchev–Trinajstić information content (AvgIpc) is 2.88. The van der Waals surface area contributed by atoms with Crippen molar-refractivity contribution in [3.63, 3.8) is 0 Å². The highest BCUT2D eigenvalue weighted by Gasteiger charge is 2.04. The fraction of sp³-hybridized carbons (Fsp3) is 0.200. The molecule has 0 bridgehead atoms. The molecule has 1 N–H and O–H groups in total.